The van der Waals surface area contributed by atoms with Crippen molar-refractivity contribution in [2.75, 3.05) is 4.90 Å². The minimum Gasteiger partial charge on any atom is -0.351 e. The van der Waals surface area contributed by atoms with Crippen LogP contribution in [-0.4, -0.2) is 14.7 Å². The number of hydrogen-bond donors (Lipinski definition) is 1. The third-order valence-electron chi connectivity index (χ3n) is 6.25. The number of pyridine rings is 1. The molecule has 0 amide bonds. The first-order valence-electron chi connectivity index (χ1n) is 11.0. The van der Waals surface area contributed by atoms with Crippen molar-refractivity contribution in [3.8, 4) is 5.69 Å². The van der Waals surface area contributed by atoms with Crippen molar-refractivity contribution < 1.29 is 4.39 Å². The lowest BCUT2D eigenvalue weighted by atomic mass is 9.96. The summed E-state index contributed by atoms with van der Waals surface area (Å²) >= 11 is 5.85. The van der Waals surface area contributed by atoms with E-state index in [1.54, 1.807) is 0 Å². The highest BCUT2D eigenvalue weighted by Gasteiger charge is 2.42. The summed E-state index contributed by atoms with van der Waals surface area (Å²) in [5, 5.41) is 4.20. The van der Waals surface area contributed by atoms with E-state index in [0.717, 1.165) is 34.0 Å². The van der Waals surface area contributed by atoms with Gasteiger partial charge < -0.3 is 14.8 Å². The Morgan fingerprint density at radius 2 is 1.70 bits per heavy atom. The zero-order valence-corrected chi connectivity index (χ0v) is 19.6. The third-order valence-corrected chi connectivity index (χ3v) is 6.57. The van der Waals surface area contributed by atoms with Gasteiger partial charge in [0.15, 0.2) is 5.11 Å². The van der Waals surface area contributed by atoms with E-state index >= 15 is 0 Å². The van der Waals surface area contributed by atoms with Crippen LogP contribution in [0.3, 0.4) is 0 Å². The fraction of sp³-hybridized carbons (Fsp3) is 0.185. The lowest BCUT2D eigenvalue weighted by Gasteiger charge is -2.28. The van der Waals surface area contributed by atoms with Gasteiger partial charge in [-0.1, -0.05) is 18.2 Å². The molecule has 4 nitrogen and oxygen atoms in total. The zero-order valence-electron chi connectivity index (χ0n) is 18.8. The Kier molecular flexibility index (Phi) is 5.46. The van der Waals surface area contributed by atoms with E-state index in [1.165, 1.54) is 17.7 Å². The predicted octanol–water partition coefficient (Wildman–Crippen LogP) is 6.11. The molecule has 1 fully saturated rings. The van der Waals surface area contributed by atoms with Gasteiger partial charge in [0.2, 0.25) is 0 Å². The number of aromatic nitrogens is 2. The maximum atomic E-state index is 13.6. The first kappa shape index (κ1) is 21.3. The third kappa shape index (κ3) is 3.80. The van der Waals surface area contributed by atoms with Crippen molar-refractivity contribution in [3.05, 3.63) is 113 Å². The second-order valence-corrected chi connectivity index (χ2v) is 8.86. The number of halogens is 1. The van der Waals surface area contributed by atoms with Crippen LogP contribution in [0.1, 0.15) is 40.3 Å². The Labute approximate surface area is 198 Å². The van der Waals surface area contributed by atoms with Crippen LogP contribution in [0.25, 0.3) is 5.69 Å². The van der Waals surface area contributed by atoms with Gasteiger partial charge in [0.25, 0.3) is 0 Å². The van der Waals surface area contributed by atoms with Crippen LogP contribution in [-0.2, 0) is 0 Å². The quantitative estimate of drug-likeness (QED) is 0.376. The number of hydrogen-bond acceptors (Lipinski definition) is 2. The number of benzene rings is 2. The molecule has 0 aliphatic carbocycles. The lowest BCUT2D eigenvalue weighted by Crippen LogP contribution is -2.29. The topological polar surface area (TPSA) is 33.1 Å². The molecule has 0 radical (unpaired) electrons. The minimum atomic E-state index is -0.243. The Balaban J connectivity index is 1.68. The van der Waals surface area contributed by atoms with Crippen molar-refractivity contribution in [2.24, 2.45) is 0 Å². The van der Waals surface area contributed by atoms with Crippen molar-refractivity contribution in [1.29, 1.82) is 0 Å². The van der Waals surface area contributed by atoms with Gasteiger partial charge in [0.1, 0.15) is 5.82 Å². The highest BCUT2D eigenvalue weighted by molar-refractivity contribution is 7.80. The number of rotatable bonds is 4. The molecule has 2 aromatic heterocycles. The Morgan fingerprint density at radius 3 is 2.39 bits per heavy atom. The van der Waals surface area contributed by atoms with E-state index in [-0.39, 0.29) is 17.9 Å². The van der Waals surface area contributed by atoms with E-state index in [1.807, 2.05) is 36.5 Å². The average molecular weight is 457 g/mol. The molecule has 0 spiro atoms. The number of nitrogens with zero attached hydrogens (tertiary/aromatic N) is 3. The van der Waals surface area contributed by atoms with Gasteiger partial charge in [-0.25, -0.2) is 4.39 Å². The van der Waals surface area contributed by atoms with E-state index in [2.05, 4.69) is 70.9 Å². The molecule has 0 unspecified atom stereocenters. The van der Waals surface area contributed by atoms with Gasteiger partial charge in [0, 0.05) is 29.0 Å². The van der Waals surface area contributed by atoms with Crippen LogP contribution in [0.2, 0.25) is 0 Å². The predicted molar refractivity (Wildman–Crippen MR) is 134 cm³/mol. The summed E-state index contributed by atoms with van der Waals surface area (Å²) in [6, 6.07) is 23.0. The lowest BCUT2D eigenvalue weighted by molar-refractivity contribution is 0.565. The maximum Gasteiger partial charge on any atom is 0.174 e. The van der Waals surface area contributed by atoms with Crippen LogP contribution < -0.4 is 10.2 Å². The van der Waals surface area contributed by atoms with Crippen LogP contribution >= 0.6 is 12.2 Å². The molecule has 166 valence electrons. The number of thiocarbonyl (C=S) groups is 1. The standard InChI is InChI=1S/C27H25FN4S/c1-17-7-6-8-22(15-17)32-26(25(30-27(32)33)24-9-4-5-14-29-24)23-16-18(2)31(19(23)3)21-12-10-20(28)11-13-21/h4-16,25-26H,1-3H3,(H,30,33)/t25-,26+/m1/s1. The van der Waals surface area contributed by atoms with Gasteiger partial charge in [-0.2, -0.15) is 0 Å². The molecule has 1 N–H and O–H groups in total. The second kappa shape index (κ2) is 8.45. The fourth-order valence-corrected chi connectivity index (χ4v) is 5.15. The van der Waals surface area contributed by atoms with Crippen molar-refractivity contribution >= 4 is 23.0 Å². The van der Waals surface area contributed by atoms with Gasteiger partial charge in [-0.3, -0.25) is 4.98 Å². The molecule has 1 saturated heterocycles. The molecule has 0 bridgehead atoms. The average Bonchev–Trinajstić information content (AvgIpc) is 3.30. The van der Waals surface area contributed by atoms with Crippen molar-refractivity contribution in [3.63, 3.8) is 0 Å². The Hall–Kier alpha value is -3.51. The number of nitrogens with one attached hydrogen (secondary N) is 1. The monoisotopic (exact) mass is 456 g/mol. The van der Waals surface area contributed by atoms with Crippen LogP contribution in [0.4, 0.5) is 10.1 Å². The smallest absolute Gasteiger partial charge is 0.174 e. The summed E-state index contributed by atoms with van der Waals surface area (Å²) in [6.45, 7) is 6.27. The largest absolute Gasteiger partial charge is 0.351 e. The van der Waals surface area contributed by atoms with E-state index in [4.69, 9.17) is 12.2 Å². The van der Waals surface area contributed by atoms with E-state index < -0.39 is 0 Å². The second-order valence-electron chi connectivity index (χ2n) is 8.47. The summed E-state index contributed by atoms with van der Waals surface area (Å²) in [5.41, 5.74) is 7.41. The van der Waals surface area contributed by atoms with Gasteiger partial charge in [-0.15, -0.1) is 0 Å². The molecule has 2 atom stereocenters. The Bertz CT molecular complexity index is 1310. The molecular formula is C27H25FN4S. The van der Waals surface area contributed by atoms with E-state index in [9.17, 15) is 4.39 Å². The summed E-state index contributed by atoms with van der Waals surface area (Å²) in [7, 11) is 0. The van der Waals surface area contributed by atoms with Gasteiger partial charge in [-0.05, 0) is 98.7 Å². The maximum absolute atomic E-state index is 13.6. The molecule has 5 rings (SSSR count). The zero-order chi connectivity index (χ0) is 23.1. The first-order chi connectivity index (χ1) is 15.9. The Morgan fingerprint density at radius 1 is 0.909 bits per heavy atom. The first-order valence-corrected chi connectivity index (χ1v) is 11.4. The summed E-state index contributed by atoms with van der Waals surface area (Å²) in [4.78, 5) is 6.84. The highest BCUT2D eigenvalue weighted by atomic mass is 32.1. The van der Waals surface area contributed by atoms with Gasteiger partial charge in [0.05, 0.1) is 17.8 Å². The van der Waals surface area contributed by atoms with E-state index in [0.29, 0.717) is 5.11 Å². The van der Waals surface area contributed by atoms with Crippen molar-refractivity contribution in [2.45, 2.75) is 32.9 Å². The molecule has 1 aliphatic heterocycles. The van der Waals surface area contributed by atoms with Crippen molar-refractivity contribution in [1.82, 2.24) is 14.9 Å². The molecule has 3 heterocycles. The van der Waals surface area contributed by atoms with Gasteiger partial charge >= 0.3 is 0 Å². The normalized spacial score (nSPS) is 17.9. The van der Waals surface area contributed by atoms with Crippen LogP contribution in [0, 0.1) is 26.6 Å². The van der Waals surface area contributed by atoms with Crippen LogP contribution in [0.5, 0.6) is 0 Å². The van der Waals surface area contributed by atoms with Crippen LogP contribution in [0.15, 0.2) is 79.0 Å². The molecular weight excluding hydrogens is 431 g/mol. The summed E-state index contributed by atoms with van der Waals surface area (Å²) in [5.74, 6) is -0.243. The summed E-state index contributed by atoms with van der Waals surface area (Å²) in [6.07, 6.45) is 1.81. The number of anilines is 1. The SMILES string of the molecule is Cc1cccc(N2C(=S)N[C@H](c3ccccn3)[C@@H]2c2cc(C)n(-c3ccc(F)cc3)c2C)c1. The highest BCUT2D eigenvalue weighted by Crippen LogP contribution is 2.43. The number of aryl methyl sites for hydroxylation is 2. The molecule has 4 aromatic rings. The fourth-order valence-electron chi connectivity index (χ4n) is 4.80. The molecule has 0 saturated carbocycles. The molecule has 2 aromatic carbocycles. The minimum absolute atomic E-state index is 0.0883. The molecule has 1 aliphatic rings. The molecule has 33 heavy (non-hydrogen) atoms. The summed E-state index contributed by atoms with van der Waals surface area (Å²) < 4.78 is 15.7. The molecule has 6 heteroatoms.